The smallest absolute Gasteiger partial charge is 0.326 e. The Morgan fingerprint density at radius 2 is 1.88 bits per heavy atom. The average Bonchev–Trinajstić information content (AvgIpc) is 2.51. The Labute approximate surface area is 145 Å². The topological polar surface area (TPSA) is 116 Å². The van der Waals surface area contributed by atoms with Gasteiger partial charge in [0.15, 0.2) is 0 Å². The van der Waals surface area contributed by atoms with Crippen LogP contribution in [-0.2, 0) is 14.4 Å². The van der Waals surface area contributed by atoms with Crippen LogP contribution in [0.5, 0.6) is 0 Å². The number of hydrogen-bond acceptors (Lipinski definition) is 4. The maximum Gasteiger partial charge on any atom is 0.326 e. The summed E-state index contributed by atoms with van der Waals surface area (Å²) in [5.74, 6) is -2.84. The van der Waals surface area contributed by atoms with Crippen LogP contribution in [0.2, 0.25) is 0 Å². The monoisotopic (exact) mass is 354 g/mol. The molecule has 0 aromatic heterocycles. The van der Waals surface area contributed by atoms with E-state index in [-0.39, 0.29) is 24.3 Å². The molecule has 25 heavy (non-hydrogen) atoms. The number of carbonyl (C=O) groups excluding carboxylic acids is 2. The minimum absolute atomic E-state index is 0.0809. The number of carboxylic acids is 1. The lowest BCUT2D eigenvalue weighted by Crippen LogP contribution is -2.46. The number of halogens is 1. The number of benzene rings is 1. The third-order valence-electron chi connectivity index (χ3n) is 3.40. The zero-order valence-electron chi connectivity index (χ0n) is 14.2. The Balaban J connectivity index is 2.44. The largest absolute Gasteiger partial charge is 0.480 e. The molecule has 138 valence electrons. The summed E-state index contributed by atoms with van der Waals surface area (Å²) in [5.41, 5.74) is 0.252. The van der Waals surface area contributed by atoms with Crippen molar-refractivity contribution in [1.82, 2.24) is 10.6 Å². The van der Waals surface area contributed by atoms with Crippen LogP contribution < -0.4 is 10.6 Å². The summed E-state index contributed by atoms with van der Waals surface area (Å²) in [6, 6.07) is 4.21. The number of carboxylic acid groups (broad SMARTS) is 1. The number of aliphatic hydroxyl groups is 1. The first kappa shape index (κ1) is 20.6. The van der Waals surface area contributed by atoms with E-state index in [1.165, 1.54) is 18.2 Å². The molecule has 0 fully saturated rings. The van der Waals surface area contributed by atoms with Gasteiger partial charge in [0.1, 0.15) is 11.9 Å². The highest BCUT2D eigenvalue weighted by Crippen LogP contribution is 2.17. The lowest BCUT2D eigenvalue weighted by molar-refractivity contribution is -0.142. The minimum Gasteiger partial charge on any atom is -0.480 e. The number of nitrogens with one attached hydrogen (secondary N) is 2. The predicted octanol–water partition coefficient (Wildman–Crippen LogP) is 0.981. The molecule has 0 aliphatic carbocycles. The Hall–Kier alpha value is -2.48. The second kappa shape index (κ2) is 9.73. The summed E-state index contributed by atoms with van der Waals surface area (Å²) in [5, 5.41) is 23.6. The zero-order valence-corrected chi connectivity index (χ0v) is 14.2. The predicted molar refractivity (Wildman–Crippen MR) is 88.0 cm³/mol. The van der Waals surface area contributed by atoms with Gasteiger partial charge >= 0.3 is 5.97 Å². The van der Waals surface area contributed by atoms with E-state index in [1.807, 2.05) is 13.8 Å². The van der Waals surface area contributed by atoms with Crippen LogP contribution in [0.15, 0.2) is 24.3 Å². The molecule has 2 amide bonds. The number of carbonyl (C=O) groups is 3. The number of rotatable bonds is 9. The van der Waals surface area contributed by atoms with E-state index in [4.69, 9.17) is 5.11 Å². The van der Waals surface area contributed by atoms with Gasteiger partial charge < -0.3 is 20.8 Å². The Morgan fingerprint density at radius 1 is 1.20 bits per heavy atom. The van der Waals surface area contributed by atoms with Crippen LogP contribution in [-0.4, -0.2) is 40.6 Å². The molecule has 0 saturated heterocycles. The molecular formula is C17H23FN2O5. The highest BCUT2D eigenvalue weighted by Gasteiger charge is 2.21. The van der Waals surface area contributed by atoms with Crippen LogP contribution in [0.4, 0.5) is 4.39 Å². The van der Waals surface area contributed by atoms with Crippen molar-refractivity contribution < 1.29 is 29.0 Å². The van der Waals surface area contributed by atoms with Gasteiger partial charge in [0, 0.05) is 0 Å². The molecule has 0 aliphatic heterocycles. The van der Waals surface area contributed by atoms with E-state index in [0.29, 0.717) is 0 Å². The fourth-order valence-electron chi connectivity index (χ4n) is 2.20. The minimum atomic E-state index is -1.20. The first-order valence-corrected chi connectivity index (χ1v) is 7.91. The maximum atomic E-state index is 13.1. The summed E-state index contributed by atoms with van der Waals surface area (Å²) in [6.45, 7) is 3.26. The molecule has 0 aliphatic rings. The summed E-state index contributed by atoms with van der Waals surface area (Å²) in [4.78, 5) is 34.6. The van der Waals surface area contributed by atoms with Gasteiger partial charge in [-0.15, -0.1) is 0 Å². The van der Waals surface area contributed by atoms with Crippen molar-refractivity contribution >= 4 is 17.8 Å². The van der Waals surface area contributed by atoms with Crippen molar-refractivity contribution in [2.75, 3.05) is 6.54 Å². The molecule has 0 heterocycles. The highest BCUT2D eigenvalue weighted by molar-refractivity contribution is 5.88. The first-order chi connectivity index (χ1) is 11.7. The average molecular weight is 354 g/mol. The summed E-state index contributed by atoms with van der Waals surface area (Å²) in [6.07, 6.45) is -1.27. The van der Waals surface area contributed by atoms with Gasteiger partial charge in [0.2, 0.25) is 11.8 Å². The second-order valence-electron chi connectivity index (χ2n) is 6.14. The van der Waals surface area contributed by atoms with Gasteiger partial charge in [-0.1, -0.05) is 26.0 Å². The Morgan fingerprint density at radius 3 is 2.44 bits per heavy atom. The lowest BCUT2D eigenvalue weighted by atomic mass is 10.0. The molecule has 0 bridgehead atoms. The van der Waals surface area contributed by atoms with Crippen molar-refractivity contribution in [3.05, 3.63) is 35.6 Å². The molecule has 0 spiro atoms. The zero-order chi connectivity index (χ0) is 19.0. The molecule has 8 heteroatoms. The number of hydrogen-bond donors (Lipinski definition) is 4. The van der Waals surface area contributed by atoms with E-state index < -0.39 is 42.3 Å². The van der Waals surface area contributed by atoms with Crippen LogP contribution in [0.1, 0.15) is 38.4 Å². The van der Waals surface area contributed by atoms with Crippen molar-refractivity contribution in [2.24, 2.45) is 5.92 Å². The molecule has 0 radical (unpaired) electrons. The van der Waals surface area contributed by atoms with Crippen LogP contribution >= 0.6 is 0 Å². The van der Waals surface area contributed by atoms with E-state index >= 15 is 0 Å². The summed E-state index contributed by atoms with van der Waals surface area (Å²) in [7, 11) is 0. The van der Waals surface area contributed by atoms with Gasteiger partial charge in [-0.2, -0.15) is 0 Å². The Bertz CT molecular complexity index is 621. The number of amides is 2. The van der Waals surface area contributed by atoms with Crippen molar-refractivity contribution in [2.45, 2.75) is 38.8 Å². The first-order valence-electron chi connectivity index (χ1n) is 7.91. The van der Waals surface area contributed by atoms with E-state index in [2.05, 4.69) is 10.6 Å². The van der Waals surface area contributed by atoms with Gasteiger partial charge in [0.05, 0.1) is 19.1 Å². The molecule has 1 rings (SSSR count). The molecule has 1 unspecified atom stereocenters. The van der Waals surface area contributed by atoms with E-state index in [9.17, 15) is 23.9 Å². The van der Waals surface area contributed by atoms with Crippen molar-refractivity contribution in [1.29, 1.82) is 0 Å². The Kier molecular flexibility index (Phi) is 8.00. The third kappa shape index (κ3) is 7.75. The van der Waals surface area contributed by atoms with Gasteiger partial charge in [0.25, 0.3) is 0 Å². The van der Waals surface area contributed by atoms with Gasteiger partial charge in [-0.3, -0.25) is 9.59 Å². The van der Waals surface area contributed by atoms with Gasteiger partial charge in [-0.05, 0) is 30.0 Å². The standard InChI is InChI=1S/C17H23FN2O5/c1-10(2)6-13(17(24)25)20-16(23)9-19-15(22)8-14(21)11-4-3-5-12(18)7-11/h3-5,7,10,13-14,21H,6,8-9H2,1-2H3,(H,19,22)(H,20,23)(H,24,25)/t13-,14?/m0/s1. The maximum absolute atomic E-state index is 13.1. The second-order valence-corrected chi connectivity index (χ2v) is 6.14. The van der Waals surface area contributed by atoms with Crippen LogP contribution in [0, 0.1) is 11.7 Å². The van der Waals surface area contributed by atoms with Crippen LogP contribution in [0.25, 0.3) is 0 Å². The quantitative estimate of drug-likeness (QED) is 0.528. The number of aliphatic carboxylic acids is 1. The van der Waals surface area contributed by atoms with E-state index in [0.717, 1.165) is 6.07 Å². The summed E-state index contributed by atoms with van der Waals surface area (Å²) < 4.78 is 13.1. The van der Waals surface area contributed by atoms with E-state index in [1.54, 1.807) is 0 Å². The molecule has 0 saturated carbocycles. The fourth-order valence-corrected chi connectivity index (χ4v) is 2.20. The molecule has 4 N–H and O–H groups in total. The molecule has 1 aromatic rings. The summed E-state index contributed by atoms with van der Waals surface area (Å²) >= 11 is 0. The van der Waals surface area contributed by atoms with Gasteiger partial charge in [-0.25, -0.2) is 9.18 Å². The molecule has 7 nitrogen and oxygen atoms in total. The third-order valence-corrected chi connectivity index (χ3v) is 3.40. The number of aliphatic hydroxyl groups excluding tert-OH is 1. The molecule has 2 atom stereocenters. The molecular weight excluding hydrogens is 331 g/mol. The van der Waals surface area contributed by atoms with Crippen molar-refractivity contribution in [3.63, 3.8) is 0 Å². The van der Waals surface area contributed by atoms with Crippen molar-refractivity contribution in [3.8, 4) is 0 Å². The normalized spacial score (nSPS) is 13.2. The lowest BCUT2D eigenvalue weighted by Gasteiger charge is -2.17. The van der Waals surface area contributed by atoms with Crippen LogP contribution in [0.3, 0.4) is 0 Å². The highest BCUT2D eigenvalue weighted by atomic mass is 19.1. The SMILES string of the molecule is CC(C)C[C@H](NC(=O)CNC(=O)CC(O)c1cccc(F)c1)C(=O)O. The fraction of sp³-hybridized carbons (Fsp3) is 0.471. The molecule has 1 aromatic carbocycles.